The molecule has 78 valence electrons. The zero-order valence-electron chi connectivity index (χ0n) is 8.64. The van der Waals surface area contributed by atoms with Gasteiger partial charge in [-0.1, -0.05) is 17.7 Å². The first-order valence-electron chi connectivity index (χ1n) is 4.64. The van der Waals surface area contributed by atoms with Crippen molar-refractivity contribution in [3.05, 3.63) is 46.5 Å². The molecule has 4 nitrogen and oxygen atoms in total. The fourth-order valence-electron chi connectivity index (χ4n) is 1.48. The van der Waals surface area contributed by atoms with Crippen LogP contribution in [0.5, 0.6) is 5.88 Å². The average Bonchev–Trinajstić information content (AvgIpc) is 2.44. The molecule has 0 fully saturated rings. The van der Waals surface area contributed by atoms with Crippen LogP contribution in [0.25, 0.3) is 5.69 Å². The molecule has 0 saturated heterocycles. The first-order valence-corrected chi connectivity index (χ1v) is 4.64. The molecule has 1 N–H and O–H groups in total. The molecule has 15 heavy (non-hydrogen) atoms. The number of aryl methyl sites for hydroxylation is 2. The van der Waals surface area contributed by atoms with Crippen molar-refractivity contribution >= 4 is 0 Å². The fraction of sp³-hybridized carbons (Fsp3) is 0.182. The highest BCUT2D eigenvalue weighted by molar-refractivity contribution is 5.37. The van der Waals surface area contributed by atoms with Crippen molar-refractivity contribution in [2.24, 2.45) is 7.05 Å². The van der Waals surface area contributed by atoms with Gasteiger partial charge >= 0.3 is 5.69 Å². The maximum atomic E-state index is 11.6. The molecule has 1 aromatic heterocycles. The number of benzene rings is 1. The Labute approximate surface area is 87.0 Å². The molecule has 0 saturated carbocycles. The van der Waals surface area contributed by atoms with Crippen LogP contribution >= 0.6 is 0 Å². The van der Waals surface area contributed by atoms with Crippen molar-refractivity contribution in [1.29, 1.82) is 0 Å². The zero-order valence-corrected chi connectivity index (χ0v) is 8.64. The summed E-state index contributed by atoms with van der Waals surface area (Å²) < 4.78 is 2.61. The van der Waals surface area contributed by atoms with Gasteiger partial charge in [0, 0.05) is 7.05 Å². The molecule has 0 aliphatic carbocycles. The van der Waals surface area contributed by atoms with Gasteiger partial charge in [0.2, 0.25) is 5.88 Å². The number of nitrogens with zero attached hydrogens (tertiary/aromatic N) is 2. The van der Waals surface area contributed by atoms with E-state index < -0.39 is 0 Å². The van der Waals surface area contributed by atoms with Crippen molar-refractivity contribution < 1.29 is 5.11 Å². The molecule has 1 heterocycles. The normalized spacial score (nSPS) is 10.5. The van der Waals surface area contributed by atoms with Crippen molar-refractivity contribution in [3.8, 4) is 11.6 Å². The summed E-state index contributed by atoms with van der Waals surface area (Å²) in [5.74, 6) is -0.0497. The fourth-order valence-corrected chi connectivity index (χ4v) is 1.48. The van der Waals surface area contributed by atoms with Gasteiger partial charge in [0.25, 0.3) is 0 Å². The molecule has 0 radical (unpaired) electrons. The van der Waals surface area contributed by atoms with Crippen LogP contribution in [0.2, 0.25) is 0 Å². The Kier molecular flexibility index (Phi) is 2.11. The van der Waals surface area contributed by atoms with E-state index in [4.69, 9.17) is 0 Å². The molecule has 0 aliphatic rings. The molecule has 0 spiro atoms. The van der Waals surface area contributed by atoms with Gasteiger partial charge in [0.1, 0.15) is 0 Å². The molecule has 0 bridgehead atoms. The number of hydrogen-bond donors (Lipinski definition) is 1. The molecule has 2 aromatic rings. The zero-order chi connectivity index (χ0) is 11.0. The van der Waals surface area contributed by atoms with Gasteiger partial charge in [-0.25, -0.2) is 9.36 Å². The summed E-state index contributed by atoms with van der Waals surface area (Å²) in [6.45, 7) is 1.97. The molecule has 0 unspecified atom stereocenters. The lowest BCUT2D eigenvalue weighted by atomic mass is 10.2. The molecular formula is C11H12N2O2. The number of imidazole rings is 1. The standard InChI is InChI=1S/C11H12N2O2/c1-8-3-5-9(6-4-8)13-10(14)7-12(2)11(13)15/h3-7,14H,1-2H3. The third kappa shape index (κ3) is 1.54. The molecule has 1 aromatic carbocycles. The van der Waals surface area contributed by atoms with E-state index in [0.29, 0.717) is 5.69 Å². The van der Waals surface area contributed by atoms with Gasteiger partial charge in [-0.3, -0.25) is 4.57 Å². The summed E-state index contributed by atoms with van der Waals surface area (Å²) in [4.78, 5) is 11.6. The molecule has 0 atom stereocenters. The SMILES string of the molecule is Cc1ccc(-n2c(O)cn(C)c2=O)cc1. The van der Waals surface area contributed by atoms with Gasteiger partial charge in [-0.2, -0.15) is 0 Å². The van der Waals surface area contributed by atoms with Gasteiger partial charge in [0.05, 0.1) is 11.9 Å². The summed E-state index contributed by atoms with van der Waals surface area (Å²) in [7, 11) is 1.60. The first kappa shape index (κ1) is 9.58. The minimum atomic E-state index is -0.253. The van der Waals surface area contributed by atoms with E-state index in [1.165, 1.54) is 15.3 Å². The maximum absolute atomic E-state index is 11.6. The predicted octanol–water partition coefficient (Wildman–Crippen LogP) is 1.19. The second-order valence-corrected chi connectivity index (χ2v) is 3.55. The van der Waals surface area contributed by atoms with E-state index in [9.17, 15) is 9.90 Å². The van der Waals surface area contributed by atoms with Crippen LogP contribution in [0.3, 0.4) is 0 Å². The van der Waals surface area contributed by atoms with Crippen LogP contribution in [0.15, 0.2) is 35.3 Å². The Morgan fingerprint density at radius 1 is 1.20 bits per heavy atom. The summed E-state index contributed by atoms with van der Waals surface area (Å²) in [5, 5.41) is 9.58. The van der Waals surface area contributed by atoms with Crippen LogP contribution in [0.1, 0.15) is 5.56 Å². The van der Waals surface area contributed by atoms with Gasteiger partial charge in [0.15, 0.2) is 0 Å². The Morgan fingerprint density at radius 2 is 1.80 bits per heavy atom. The number of aromatic hydroxyl groups is 1. The Morgan fingerprint density at radius 3 is 2.27 bits per heavy atom. The number of hydrogen-bond acceptors (Lipinski definition) is 2. The third-order valence-electron chi connectivity index (χ3n) is 2.32. The third-order valence-corrected chi connectivity index (χ3v) is 2.32. The molecule has 0 amide bonds. The van der Waals surface area contributed by atoms with Crippen LogP contribution in [-0.4, -0.2) is 14.2 Å². The van der Waals surface area contributed by atoms with Crippen molar-refractivity contribution in [1.82, 2.24) is 9.13 Å². The van der Waals surface area contributed by atoms with E-state index in [1.54, 1.807) is 19.2 Å². The van der Waals surface area contributed by atoms with E-state index in [0.717, 1.165) is 5.56 Å². The monoisotopic (exact) mass is 204 g/mol. The van der Waals surface area contributed by atoms with Crippen molar-refractivity contribution in [2.75, 3.05) is 0 Å². The molecule has 2 rings (SSSR count). The Bertz CT molecular complexity index is 535. The van der Waals surface area contributed by atoms with Gasteiger partial charge in [-0.15, -0.1) is 0 Å². The summed E-state index contributed by atoms with van der Waals surface area (Å²) in [6, 6.07) is 7.40. The smallest absolute Gasteiger partial charge is 0.335 e. The minimum Gasteiger partial charge on any atom is -0.493 e. The largest absolute Gasteiger partial charge is 0.493 e. The lowest BCUT2D eigenvalue weighted by Gasteiger charge is -2.02. The van der Waals surface area contributed by atoms with Crippen molar-refractivity contribution in [2.45, 2.75) is 6.92 Å². The van der Waals surface area contributed by atoms with Gasteiger partial charge in [-0.05, 0) is 19.1 Å². The summed E-state index contributed by atoms with van der Waals surface area (Å²) >= 11 is 0. The summed E-state index contributed by atoms with van der Waals surface area (Å²) in [5.41, 5.74) is 1.53. The second-order valence-electron chi connectivity index (χ2n) is 3.55. The summed E-state index contributed by atoms with van der Waals surface area (Å²) in [6.07, 6.45) is 1.39. The highest BCUT2D eigenvalue weighted by Crippen LogP contribution is 2.14. The Balaban J connectivity index is 2.64. The van der Waals surface area contributed by atoms with Crippen LogP contribution < -0.4 is 5.69 Å². The second kappa shape index (κ2) is 3.31. The highest BCUT2D eigenvalue weighted by Gasteiger charge is 2.08. The Hall–Kier alpha value is -1.97. The minimum absolute atomic E-state index is 0.0497. The molecule has 4 heteroatoms. The quantitative estimate of drug-likeness (QED) is 0.758. The first-order chi connectivity index (χ1) is 7.09. The van der Waals surface area contributed by atoms with E-state index in [-0.39, 0.29) is 11.6 Å². The van der Waals surface area contributed by atoms with Crippen molar-refractivity contribution in [3.63, 3.8) is 0 Å². The van der Waals surface area contributed by atoms with Crippen LogP contribution in [0, 0.1) is 6.92 Å². The highest BCUT2D eigenvalue weighted by atomic mass is 16.3. The van der Waals surface area contributed by atoms with Gasteiger partial charge < -0.3 is 5.11 Å². The number of rotatable bonds is 1. The van der Waals surface area contributed by atoms with E-state index in [2.05, 4.69) is 0 Å². The van der Waals surface area contributed by atoms with Crippen LogP contribution in [0.4, 0.5) is 0 Å². The maximum Gasteiger partial charge on any atom is 0.335 e. The van der Waals surface area contributed by atoms with E-state index in [1.807, 2.05) is 19.1 Å². The molecule has 0 aliphatic heterocycles. The molecular weight excluding hydrogens is 192 g/mol. The average molecular weight is 204 g/mol. The number of aromatic nitrogens is 2. The van der Waals surface area contributed by atoms with E-state index >= 15 is 0 Å². The topological polar surface area (TPSA) is 47.2 Å². The predicted molar refractivity (Wildman–Crippen MR) is 57.4 cm³/mol. The lowest BCUT2D eigenvalue weighted by molar-refractivity contribution is 0.441. The van der Waals surface area contributed by atoms with Crippen LogP contribution in [-0.2, 0) is 7.05 Å². The lowest BCUT2D eigenvalue weighted by Crippen LogP contribution is -2.20.